The van der Waals surface area contributed by atoms with Gasteiger partial charge in [0.15, 0.2) is 0 Å². The van der Waals surface area contributed by atoms with Gasteiger partial charge in [0, 0.05) is 17.8 Å². The van der Waals surface area contributed by atoms with E-state index in [-0.39, 0.29) is 0 Å². The molecular formula is C19H20N4O2. The summed E-state index contributed by atoms with van der Waals surface area (Å²) in [6, 6.07) is 15.5. The fourth-order valence-corrected chi connectivity index (χ4v) is 2.41. The minimum Gasteiger partial charge on any atom is -0.497 e. The number of benzene rings is 2. The van der Waals surface area contributed by atoms with Crippen molar-refractivity contribution in [2.24, 2.45) is 0 Å². The molecule has 25 heavy (non-hydrogen) atoms. The van der Waals surface area contributed by atoms with Crippen molar-refractivity contribution in [2.45, 2.75) is 6.92 Å². The van der Waals surface area contributed by atoms with Crippen molar-refractivity contribution in [3.8, 4) is 11.5 Å². The van der Waals surface area contributed by atoms with Crippen molar-refractivity contribution in [1.82, 2.24) is 9.97 Å². The van der Waals surface area contributed by atoms with E-state index in [1.54, 1.807) is 14.2 Å². The zero-order valence-corrected chi connectivity index (χ0v) is 14.4. The molecule has 2 aromatic carbocycles. The number of aryl methyl sites for hydroxylation is 1. The Balaban J connectivity index is 1.82. The maximum Gasteiger partial charge on any atom is 0.142 e. The predicted octanol–water partition coefficient (Wildman–Crippen LogP) is 4.29. The molecule has 0 unspecified atom stereocenters. The lowest BCUT2D eigenvalue weighted by Crippen LogP contribution is -2.00. The lowest BCUT2D eigenvalue weighted by molar-refractivity contribution is 0.405. The van der Waals surface area contributed by atoms with Crippen LogP contribution in [0.1, 0.15) is 5.56 Å². The van der Waals surface area contributed by atoms with Crippen LogP contribution >= 0.6 is 0 Å². The van der Waals surface area contributed by atoms with Gasteiger partial charge < -0.3 is 20.1 Å². The zero-order valence-electron chi connectivity index (χ0n) is 14.4. The molecule has 0 saturated carbocycles. The predicted molar refractivity (Wildman–Crippen MR) is 99.3 cm³/mol. The lowest BCUT2D eigenvalue weighted by atomic mass is 10.2. The quantitative estimate of drug-likeness (QED) is 0.700. The summed E-state index contributed by atoms with van der Waals surface area (Å²) in [5, 5.41) is 6.51. The van der Waals surface area contributed by atoms with E-state index in [1.165, 1.54) is 11.9 Å². The Morgan fingerprint density at radius 3 is 2.36 bits per heavy atom. The number of hydrogen-bond acceptors (Lipinski definition) is 6. The summed E-state index contributed by atoms with van der Waals surface area (Å²) in [5.74, 6) is 2.78. The molecule has 3 aromatic rings. The smallest absolute Gasteiger partial charge is 0.142 e. The highest BCUT2D eigenvalue weighted by Crippen LogP contribution is 2.31. The van der Waals surface area contributed by atoms with Gasteiger partial charge in [0.25, 0.3) is 0 Å². The molecule has 6 heteroatoms. The van der Waals surface area contributed by atoms with Gasteiger partial charge in [-0.05, 0) is 36.8 Å². The first-order chi connectivity index (χ1) is 12.2. The molecule has 0 saturated heterocycles. The maximum atomic E-state index is 5.38. The fourth-order valence-electron chi connectivity index (χ4n) is 2.41. The van der Waals surface area contributed by atoms with Gasteiger partial charge in [-0.25, -0.2) is 9.97 Å². The molecule has 6 nitrogen and oxygen atoms in total. The highest BCUT2D eigenvalue weighted by Gasteiger charge is 2.07. The number of anilines is 4. The van der Waals surface area contributed by atoms with Gasteiger partial charge in [-0.2, -0.15) is 0 Å². The number of ether oxygens (including phenoxy) is 2. The van der Waals surface area contributed by atoms with Crippen molar-refractivity contribution in [3.05, 3.63) is 60.4 Å². The lowest BCUT2D eigenvalue weighted by Gasteiger charge is -2.13. The van der Waals surface area contributed by atoms with E-state index in [0.717, 1.165) is 17.1 Å². The standard InChI is InChI=1S/C19H20N4O2/c1-13-5-4-6-14(9-13)22-18-11-19(21-12-20-18)23-16-10-15(24-2)7-8-17(16)25-3/h4-12H,1-3H3,(H2,20,21,22,23). The number of nitrogens with zero attached hydrogens (tertiary/aromatic N) is 2. The van der Waals surface area contributed by atoms with Crippen LogP contribution in [-0.4, -0.2) is 24.2 Å². The molecule has 0 aliphatic heterocycles. The van der Waals surface area contributed by atoms with Gasteiger partial charge >= 0.3 is 0 Å². The molecule has 0 bridgehead atoms. The van der Waals surface area contributed by atoms with Crippen LogP contribution in [0.25, 0.3) is 0 Å². The molecule has 0 aliphatic rings. The second-order valence-electron chi connectivity index (χ2n) is 5.47. The molecule has 0 aliphatic carbocycles. The van der Waals surface area contributed by atoms with Crippen LogP contribution in [0.3, 0.4) is 0 Å². The van der Waals surface area contributed by atoms with Crippen molar-refractivity contribution < 1.29 is 9.47 Å². The van der Waals surface area contributed by atoms with Crippen molar-refractivity contribution in [1.29, 1.82) is 0 Å². The minimum atomic E-state index is 0.650. The molecule has 2 N–H and O–H groups in total. The number of methoxy groups -OCH3 is 2. The average Bonchev–Trinajstić information content (AvgIpc) is 2.62. The first-order valence-corrected chi connectivity index (χ1v) is 7.83. The Bertz CT molecular complexity index is 868. The zero-order chi connectivity index (χ0) is 17.6. The number of nitrogens with one attached hydrogen (secondary N) is 2. The van der Waals surface area contributed by atoms with Gasteiger partial charge in [-0.3, -0.25) is 0 Å². The number of aromatic nitrogens is 2. The van der Waals surface area contributed by atoms with Crippen LogP contribution in [0.4, 0.5) is 23.0 Å². The van der Waals surface area contributed by atoms with Crippen molar-refractivity contribution in [3.63, 3.8) is 0 Å². The molecule has 0 spiro atoms. The van der Waals surface area contributed by atoms with Crippen molar-refractivity contribution >= 4 is 23.0 Å². The molecule has 0 amide bonds. The second-order valence-corrected chi connectivity index (χ2v) is 5.47. The van der Waals surface area contributed by atoms with E-state index in [0.29, 0.717) is 17.4 Å². The SMILES string of the molecule is COc1ccc(OC)c(Nc2cc(Nc3cccc(C)c3)ncn2)c1. The minimum absolute atomic E-state index is 0.650. The molecule has 1 aromatic heterocycles. The van der Waals surface area contributed by atoms with Crippen LogP contribution < -0.4 is 20.1 Å². The number of rotatable bonds is 6. The molecule has 128 valence electrons. The molecule has 0 atom stereocenters. The Hall–Kier alpha value is -3.28. The third-order valence-corrected chi connectivity index (χ3v) is 3.63. The molecule has 1 heterocycles. The normalized spacial score (nSPS) is 10.2. The summed E-state index contributed by atoms with van der Waals surface area (Å²) >= 11 is 0. The molecule has 0 fully saturated rings. The Morgan fingerprint density at radius 2 is 1.64 bits per heavy atom. The van der Waals surface area contributed by atoms with Crippen LogP contribution in [0.5, 0.6) is 11.5 Å². The second kappa shape index (κ2) is 7.53. The van der Waals surface area contributed by atoms with Crippen LogP contribution in [0, 0.1) is 6.92 Å². The van der Waals surface area contributed by atoms with Gasteiger partial charge in [0.05, 0.1) is 19.9 Å². The third kappa shape index (κ3) is 4.17. The van der Waals surface area contributed by atoms with Crippen LogP contribution in [-0.2, 0) is 0 Å². The van der Waals surface area contributed by atoms with Crippen molar-refractivity contribution in [2.75, 3.05) is 24.9 Å². The van der Waals surface area contributed by atoms with E-state index in [9.17, 15) is 0 Å². The number of hydrogen-bond donors (Lipinski definition) is 2. The van der Waals surface area contributed by atoms with Gasteiger partial charge in [-0.1, -0.05) is 12.1 Å². The van der Waals surface area contributed by atoms with E-state index in [4.69, 9.17) is 9.47 Å². The summed E-state index contributed by atoms with van der Waals surface area (Å²) in [6.07, 6.45) is 1.51. The molecular weight excluding hydrogens is 316 g/mol. The summed E-state index contributed by atoms with van der Waals surface area (Å²) in [4.78, 5) is 8.53. The Morgan fingerprint density at radius 1 is 0.840 bits per heavy atom. The molecule has 3 rings (SSSR count). The highest BCUT2D eigenvalue weighted by molar-refractivity contribution is 5.68. The van der Waals surface area contributed by atoms with Gasteiger partial charge in [-0.15, -0.1) is 0 Å². The van der Waals surface area contributed by atoms with E-state index >= 15 is 0 Å². The maximum absolute atomic E-state index is 5.38. The van der Waals surface area contributed by atoms with E-state index in [1.807, 2.05) is 49.4 Å². The largest absolute Gasteiger partial charge is 0.497 e. The van der Waals surface area contributed by atoms with Crippen LogP contribution in [0.15, 0.2) is 54.9 Å². The Labute approximate surface area is 146 Å². The molecule has 0 radical (unpaired) electrons. The van der Waals surface area contributed by atoms with Gasteiger partial charge in [0.1, 0.15) is 29.5 Å². The summed E-state index contributed by atoms with van der Waals surface area (Å²) in [6.45, 7) is 2.05. The Kier molecular flexibility index (Phi) is 4.99. The third-order valence-electron chi connectivity index (χ3n) is 3.63. The average molecular weight is 336 g/mol. The highest BCUT2D eigenvalue weighted by atomic mass is 16.5. The van der Waals surface area contributed by atoms with Crippen LogP contribution in [0.2, 0.25) is 0 Å². The first-order valence-electron chi connectivity index (χ1n) is 7.83. The monoisotopic (exact) mass is 336 g/mol. The van der Waals surface area contributed by atoms with E-state index < -0.39 is 0 Å². The summed E-state index contributed by atoms with van der Waals surface area (Å²) < 4.78 is 10.6. The topological polar surface area (TPSA) is 68.3 Å². The summed E-state index contributed by atoms with van der Waals surface area (Å²) in [7, 11) is 3.25. The van der Waals surface area contributed by atoms with Gasteiger partial charge in [0.2, 0.25) is 0 Å². The van der Waals surface area contributed by atoms with E-state index in [2.05, 4.69) is 26.7 Å². The summed E-state index contributed by atoms with van der Waals surface area (Å²) in [5.41, 5.74) is 2.92. The fraction of sp³-hybridized carbons (Fsp3) is 0.158. The first kappa shape index (κ1) is 16.6.